The standard InChI is InChI=1S/C13H11N3O4/c1-7-4-11(17)9(5-15-7)12(18)16-10-6-14-3-2-8(10)13(19)20/h2-6H,1H3,(H,15,17)(H,16,18)(H,19,20). The minimum absolute atomic E-state index is 0.0324. The number of nitrogens with one attached hydrogen (secondary N) is 2. The molecule has 102 valence electrons. The van der Waals surface area contributed by atoms with E-state index in [1.807, 2.05) is 0 Å². The van der Waals surface area contributed by atoms with Crippen molar-refractivity contribution in [2.24, 2.45) is 0 Å². The number of hydrogen-bond acceptors (Lipinski definition) is 4. The molecule has 0 radical (unpaired) electrons. The fraction of sp³-hybridized carbons (Fsp3) is 0.0769. The van der Waals surface area contributed by atoms with Crippen LogP contribution in [0.25, 0.3) is 0 Å². The summed E-state index contributed by atoms with van der Waals surface area (Å²) in [6, 6.07) is 2.55. The van der Waals surface area contributed by atoms with Crippen molar-refractivity contribution in [2.75, 3.05) is 5.32 Å². The van der Waals surface area contributed by atoms with E-state index in [1.165, 1.54) is 30.7 Å². The van der Waals surface area contributed by atoms with Gasteiger partial charge < -0.3 is 15.4 Å². The predicted octanol–water partition coefficient (Wildman–Crippen LogP) is 1.03. The van der Waals surface area contributed by atoms with Crippen LogP contribution in [0.1, 0.15) is 26.4 Å². The number of carboxylic acid groups (broad SMARTS) is 1. The largest absolute Gasteiger partial charge is 0.478 e. The molecule has 0 aliphatic heterocycles. The number of carbonyl (C=O) groups excluding carboxylic acids is 1. The molecule has 2 rings (SSSR count). The molecule has 3 N–H and O–H groups in total. The Balaban J connectivity index is 2.33. The van der Waals surface area contributed by atoms with Crippen LogP contribution in [0.15, 0.2) is 35.5 Å². The maximum atomic E-state index is 12.0. The third-order valence-corrected chi connectivity index (χ3v) is 2.60. The molecule has 0 aromatic carbocycles. The minimum atomic E-state index is -1.19. The Morgan fingerprint density at radius 2 is 2.10 bits per heavy atom. The van der Waals surface area contributed by atoms with Gasteiger partial charge >= 0.3 is 5.97 Å². The summed E-state index contributed by atoms with van der Waals surface area (Å²) >= 11 is 0. The summed E-state index contributed by atoms with van der Waals surface area (Å²) in [5, 5.41) is 11.4. The maximum Gasteiger partial charge on any atom is 0.337 e. The molecule has 7 heteroatoms. The molecular weight excluding hydrogens is 262 g/mol. The molecule has 0 bridgehead atoms. The first-order valence-electron chi connectivity index (χ1n) is 5.67. The summed E-state index contributed by atoms with van der Waals surface area (Å²) in [6.07, 6.45) is 3.80. The summed E-state index contributed by atoms with van der Waals surface area (Å²) in [7, 11) is 0. The molecule has 7 nitrogen and oxygen atoms in total. The smallest absolute Gasteiger partial charge is 0.337 e. The lowest BCUT2D eigenvalue weighted by Gasteiger charge is -2.07. The molecule has 0 atom stereocenters. The van der Waals surface area contributed by atoms with E-state index in [2.05, 4.69) is 15.3 Å². The van der Waals surface area contributed by atoms with Crippen LogP contribution in [-0.4, -0.2) is 27.0 Å². The Bertz CT molecular complexity index is 736. The lowest BCUT2D eigenvalue weighted by Crippen LogP contribution is -2.22. The molecule has 2 aromatic rings. The molecule has 0 spiro atoms. The minimum Gasteiger partial charge on any atom is -0.478 e. The molecule has 20 heavy (non-hydrogen) atoms. The van der Waals surface area contributed by atoms with Crippen LogP contribution in [0.5, 0.6) is 0 Å². The average molecular weight is 273 g/mol. The summed E-state index contributed by atoms with van der Waals surface area (Å²) in [4.78, 5) is 41.2. The number of H-pyrrole nitrogens is 1. The van der Waals surface area contributed by atoms with E-state index >= 15 is 0 Å². The van der Waals surface area contributed by atoms with Gasteiger partial charge in [-0.2, -0.15) is 0 Å². The number of pyridine rings is 2. The van der Waals surface area contributed by atoms with E-state index in [-0.39, 0.29) is 16.8 Å². The Morgan fingerprint density at radius 1 is 1.35 bits per heavy atom. The van der Waals surface area contributed by atoms with Crippen LogP contribution in [0.4, 0.5) is 5.69 Å². The maximum absolute atomic E-state index is 12.0. The number of aromatic carboxylic acids is 1. The number of hydrogen-bond donors (Lipinski definition) is 3. The zero-order valence-corrected chi connectivity index (χ0v) is 10.5. The quantitative estimate of drug-likeness (QED) is 0.773. The number of aromatic amines is 1. The molecular formula is C13H11N3O4. The summed E-state index contributed by atoms with van der Waals surface area (Å²) in [5.41, 5.74) is 0.0105. The zero-order chi connectivity index (χ0) is 14.7. The van der Waals surface area contributed by atoms with Gasteiger partial charge in [0.05, 0.1) is 17.4 Å². The topological polar surface area (TPSA) is 112 Å². The van der Waals surface area contributed by atoms with Gasteiger partial charge in [0.15, 0.2) is 5.43 Å². The molecule has 2 heterocycles. The first-order valence-corrected chi connectivity index (χ1v) is 5.67. The number of amides is 1. The molecule has 0 unspecified atom stereocenters. The lowest BCUT2D eigenvalue weighted by molar-refractivity contribution is 0.0698. The monoisotopic (exact) mass is 273 g/mol. The summed E-state index contributed by atoms with van der Waals surface area (Å²) in [5.74, 6) is -1.89. The van der Waals surface area contributed by atoms with Crippen LogP contribution in [0.2, 0.25) is 0 Å². The molecule has 2 aromatic heterocycles. The van der Waals surface area contributed by atoms with Crippen molar-refractivity contribution in [1.29, 1.82) is 0 Å². The van der Waals surface area contributed by atoms with Gasteiger partial charge in [0.2, 0.25) is 0 Å². The summed E-state index contributed by atoms with van der Waals surface area (Å²) in [6.45, 7) is 1.69. The molecule has 0 aliphatic rings. The van der Waals surface area contributed by atoms with Gasteiger partial charge in [-0.05, 0) is 13.0 Å². The van der Waals surface area contributed by atoms with Crippen LogP contribution in [-0.2, 0) is 0 Å². The van der Waals surface area contributed by atoms with Crippen LogP contribution in [0.3, 0.4) is 0 Å². The molecule has 1 amide bonds. The second-order valence-electron chi connectivity index (χ2n) is 4.07. The Kier molecular flexibility index (Phi) is 3.60. The van der Waals surface area contributed by atoms with Crippen LogP contribution >= 0.6 is 0 Å². The van der Waals surface area contributed by atoms with Crippen molar-refractivity contribution in [2.45, 2.75) is 6.92 Å². The SMILES string of the molecule is Cc1cc(=O)c(C(=O)Nc2cnccc2C(=O)O)c[nH]1. The lowest BCUT2D eigenvalue weighted by atomic mass is 10.2. The van der Waals surface area contributed by atoms with Gasteiger partial charge in [-0.25, -0.2) is 4.79 Å². The van der Waals surface area contributed by atoms with Gasteiger partial charge in [-0.15, -0.1) is 0 Å². The Labute approximate surface area is 113 Å². The Morgan fingerprint density at radius 3 is 2.75 bits per heavy atom. The van der Waals surface area contributed by atoms with Gasteiger partial charge in [0, 0.05) is 24.2 Å². The zero-order valence-electron chi connectivity index (χ0n) is 10.5. The summed E-state index contributed by atoms with van der Waals surface area (Å²) < 4.78 is 0. The highest BCUT2D eigenvalue weighted by Gasteiger charge is 2.15. The highest BCUT2D eigenvalue weighted by atomic mass is 16.4. The number of rotatable bonds is 3. The van der Waals surface area contributed by atoms with E-state index in [0.29, 0.717) is 5.69 Å². The van der Waals surface area contributed by atoms with E-state index in [4.69, 9.17) is 5.11 Å². The van der Waals surface area contributed by atoms with E-state index < -0.39 is 17.3 Å². The van der Waals surface area contributed by atoms with Gasteiger partial charge in [-0.1, -0.05) is 0 Å². The van der Waals surface area contributed by atoms with Crippen molar-refractivity contribution in [3.05, 3.63) is 57.8 Å². The van der Waals surface area contributed by atoms with E-state index in [0.717, 1.165) is 0 Å². The second kappa shape index (κ2) is 5.35. The number of aryl methyl sites for hydroxylation is 1. The van der Waals surface area contributed by atoms with Crippen molar-refractivity contribution >= 4 is 17.6 Å². The highest BCUT2D eigenvalue weighted by Crippen LogP contribution is 2.13. The molecule has 0 saturated heterocycles. The molecule has 0 saturated carbocycles. The normalized spacial score (nSPS) is 10.1. The highest BCUT2D eigenvalue weighted by molar-refractivity contribution is 6.07. The predicted molar refractivity (Wildman–Crippen MR) is 70.9 cm³/mol. The van der Waals surface area contributed by atoms with Crippen molar-refractivity contribution < 1.29 is 14.7 Å². The number of carboxylic acids is 1. The fourth-order valence-electron chi connectivity index (χ4n) is 1.62. The van der Waals surface area contributed by atoms with Crippen LogP contribution in [0, 0.1) is 6.92 Å². The third-order valence-electron chi connectivity index (χ3n) is 2.60. The van der Waals surface area contributed by atoms with Crippen molar-refractivity contribution in [3.8, 4) is 0 Å². The van der Waals surface area contributed by atoms with Crippen LogP contribution < -0.4 is 10.7 Å². The Hall–Kier alpha value is -2.96. The van der Waals surface area contributed by atoms with Crippen molar-refractivity contribution in [3.63, 3.8) is 0 Å². The van der Waals surface area contributed by atoms with Crippen molar-refractivity contribution in [1.82, 2.24) is 9.97 Å². The molecule has 0 aliphatic carbocycles. The van der Waals surface area contributed by atoms with Gasteiger partial charge in [0.25, 0.3) is 5.91 Å². The molecule has 0 fully saturated rings. The third kappa shape index (κ3) is 2.72. The number of aromatic nitrogens is 2. The first-order chi connectivity index (χ1) is 9.49. The average Bonchev–Trinajstić information content (AvgIpc) is 2.38. The van der Waals surface area contributed by atoms with Gasteiger partial charge in [-0.3, -0.25) is 14.6 Å². The van der Waals surface area contributed by atoms with E-state index in [1.54, 1.807) is 6.92 Å². The number of carbonyl (C=O) groups is 2. The van der Waals surface area contributed by atoms with Gasteiger partial charge in [0.1, 0.15) is 5.56 Å². The number of nitrogens with zero attached hydrogens (tertiary/aromatic N) is 1. The number of anilines is 1. The fourth-order valence-corrected chi connectivity index (χ4v) is 1.62. The second-order valence-corrected chi connectivity index (χ2v) is 4.07. The first kappa shape index (κ1) is 13.5. The van der Waals surface area contributed by atoms with E-state index in [9.17, 15) is 14.4 Å².